The molecule has 1 N–H and O–H groups in total. The topological polar surface area (TPSA) is 60.4 Å². The standard InChI is InChI=1S/C18H30O3.Na/c1-2-3-4-8-11-14-17(19)15-12-9-6-5-7-10-13-16-18(20)21;/h3-4,11-12,14-15,17,19H,2,5-10,13,16H2,1H3,(H,20,21);/q;+1/p-1/b4-3-,14-11-,15-12-;. The molecule has 4 heteroatoms. The van der Waals surface area contributed by atoms with Crippen LogP contribution in [0.3, 0.4) is 0 Å². The zero-order chi connectivity index (χ0) is 15.8. The molecule has 0 heterocycles. The second-order valence-corrected chi connectivity index (χ2v) is 5.14. The van der Waals surface area contributed by atoms with E-state index in [9.17, 15) is 15.0 Å². The molecule has 0 aliphatic rings. The predicted octanol–water partition coefficient (Wildman–Crippen LogP) is 0.301. The van der Waals surface area contributed by atoms with Gasteiger partial charge in [-0.3, -0.25) is 0 Å². The van der Waals surface area contributed by atoms with E-state index in [-0.39, 0.29) is 36.0 Å². The van der Waals surface area contributed by atoms with Gasteiger partial charge in [0.05, 0.1) is 6.10 Å². The van der Waals surface area contributed by atoms with E-state index in [0.717, 1.165) is 44.9 Å². The number of unbranched alkanes of at least 4 members (excludes halogenated alkanes) is 5. The van der Waals surface area contributed by atoms with Gasteiger partial charge in [0.2, 0.25) is 0 Å². The third kappa shape index (κ3) is 19.7. The van der Waals surface area contributed by atoms with E-state index in [0.29, 0.717) is 6.42 Å². The Kier molecular flexibility index (Phi) is 20.3. The summed E-state index contributed by atoms with van der Waals surface area (Å²) in [6, 6.07) is 0. The van der Waals surface area contributed by atoms with Gasteiger partial charge < -0.3 is 15.0 Å². The second kappa shape index (κ2) is 18.7. The normalized spacial score (nSPS) is 13.0. The summed E-state index contributed by atoms with van der Waals surface area (Å²) in [5.74, 6) is -0.954. The summed E-state index contributed by atoms with van der Waals surface area (Å²) in [6.07, 6.45) is 19.3. The first-order chi connectivity index (χ1) is 10.2. The Balaban J connectivity index is 0. The molecule has 0 aliphatic carbocycles. The smallest absolute Gasteiger partial charge is 0.550 e. The van der Waals surface area contributed by atoms with Crippen LogP contribution < -0.4 is 34.7 Å². The van der Waals surface area contributed by atoms with Gasteiger partial charge in [0.25, 0.3) is 0 Å². The summed E-state index contributed by atoms with van der Waals surface area (Å²) in [5, 5.41) is 19.9. The minimum Gasteiger partial charge on any atom is -0.550 e. The Morgan fingerprint density at radius 1 is 1.00 bits per heavy atom. The molecule has 0 aromatic carbocycles. The maximum atomic E-state index is 10.2. The number of carbonyl (C=O) groups is 1. The molecule has 22 heavy (non-hydrogen) atoms. The van der Waals surface area contributed by atoms with Crippen molar-refractivity contribution in [2.24, 2.45) is 0 Å². The molecule has 0 spiro atoms. The molecule has 3 nitrogen and oxygen atoms in total. The van der Waals surface area contributed by atoms with Crippen LogP contribution in [0.15, 0.2) is 36.5 Å². The van der Waals surface area contributed by atoms with Crippen LogP contribution in [0.4, 0.5) is 0 Å². The van der Waals surface area contributed by atoms with E-state index in [4.69, 9.17) is 0 Å². The summed E-state index contributed by atoms with van der Waals surface area (Å²) in [5.41, 5.74) is 0. The van der Waals surface area contributed by atoms with E-state index in [1.165, 1.54) is 0 Å². The van der Waals surface area contributed by atoms with Gasteiger partial charge in [-0.15, -0.1) is 0 Å². The Bertz CT molecular complexity index is 335. The van der Waals surface area contributed by atoms with Gasteiger partial charge in [0.15, 0.2) is 0 Å². The van der Waals surface area contributed by atoms with Crippen LogP contribution in [0.2, 0.25) is 0 Å². The molecule has 0 saturated carbocycles. The van der Waals surface area contributed by atoms with Crippen LogP contribution in [0, 0.1) is 0 Å². The first-order valence-electron chi connectivity index (χ1n) is 8.03. The Labute approximate surface area is 157 Å². The molecule has 120 valence electrons. The molecule has 0 fully saturated rings. The molecular formula is C18H29NaO3. The maximum absolute atomic E-state index is 10.2. The van der Waals surface area contributed by atoms with E-state index in [2.05, 4.69) is 19.1 Å². The molecule has 0 aromatic heterocycles. The van der Waals surface area contributed by atoms with Crippen molar-refractivity contribution in [1.82, 2.24) is 0 Å². The molecule has 1 unspecified atom stereocenters. The van der Waals surface area contributed by atoms with E-state index < -0.39 is 12.1 Å². The third-order valence-corrected chi connectivity index (χ3v) is 3.09. The summed E-state index contributed by atoms with van der Waals surface area (Å²) >= 11 is 0. The van der Waals surface area contributed by atoms with Gasteiger partial charge >= 0.3 is 29.6 Å². The van der Waals surface area contributed by atoms with Crippen molar-refractivity contribution >= 4 is 5.97 Å². The minimum atomic E-state index is -0.954. The second-order valence-electron chi connectivity index (χ2n) is 5.14. The van der Waals surface area contributed by atoms with E-state index >= 15 is 0 Å². The van der Waals surface area contributed by atoms with Crippen molar-refractivity contribution in [3.63, 3.8) is 0 Å². The van der Waals surface area contributed by atoms with Crippen molar-refractivity contribution in [3.05, 3.63) is 36.5 Å². The van der Waals surface area contributed by atoms with Crippen LogP contribution in [0.25, 0.3) is 0 Å². The number of allylic oxidation sites excluding steroid dienone is 4. The SMILES string of the molecule is CC/C=C\C/C=C\C(O)/C=C\CCCCCCCC(=O)[O-].[Na+]. The average molecular weight is 316 g/mol. The molecule has 1 atom stereocenters. The van der Waals surface area contributed by atoms with Gasteiger partial charge in [-0.05, 0) is 38.5 Å². The number of carbonyl (C=O) groups excluding carboxylic acids is 1. The van der Waals surface area contributed by atoms with Crippen LogP contribution in [-0.4, -0.2) is 17.2 Å². The molecule has 0 aliphatic heterocycles. The van der Waals surface area contributed by atoms with Crippen LogP contribution >= 0.6 is 0 Å². The van der Waals surface area contributed by atoms with Gasteiger partial charge in [-0.2, -0.15) is 0 Å². The van der Waals surface area contributed by atoms with Crippen molar-refractivity contribution in [1.29, 1.82) is 0 Å². The molecule has 0 radical (unpaired) electrons. The fraction of sp³-hybridized carbons (Fsp3) is 0.611. The number of aliphatic hydroxyl groups is 1. The number of aliphatic carboxylic acids is 1. The monoisotopic (exact) mass is 316 g/mol. The molecule has 0 bridgehead atoms. The van der Waals surface area contributed by atoms with Crippen molar-refractivity contribution in [2.75, 3.05) is 0 Å². The number of carboxylic acid groups (broad SMARTS) is 1. The zero-order valence-corrected chi connectivity index (χ0v) is 16.2. The van der Waals surface area contributed by atoms with Gasteiger partial charge in [0, 0.05) is 5.97 Å². The minimum absolute atomic E-state index is 0. The van der Waals surface area contributed by atoms with Gasteiger partial charge in [-0.1, -0.05) is 62.6 Å². The van der Waals surface area contributed by atoms with Crippen molar-refractivity contribution in [3.8, 4) is 0 Å². The summed E-state index contributed by atoms with van der Waals surface area (Å²) in [6.45, 7) is 2.10. The Hall–Kier alpha value is -0.350. The molecule has 0 rings (SSSR count). The number of hydrogen-bond donors (Lipinski definition) is 1. The number of aliphatic hydroxyl groups excluding tert-OH is 1. The molecule has 0 aromatic rings. The average Bonchev–Trinajstić information content (AvgIpc) is 2.45. The largest absolute Gasteiger partial charge is 1.00 e. The first kappa shape index (κ1) is 23.9. The Morgan fingerprint density at radius 3 is 2.32 bits per heavy atom. The zero-order valence-electron chi connectivity index (χ0n) is 14.2. The summed E-state index contributed by atoms with van der Waals surface area (Å²) < 4.78 is 0. The van der Waals surface area contributed by atoms with Crippen LogP contribution in [0.1, 0.15) is 64.7 Å². The number of hydrogen-bond acceptors (Lipinski definition) is 3. The van der Waals surface area contributed by atoms with E-state index in [1.807, 2.05) is 18.2 Å². The quantitative estimate of drug-likeness (QED) is 0.302. The third-order valence-electron chi connectivity index (χ3n) is 3.09. The van der Waals surface area contributed by atoms with Crippen LogP contribution in [0.5, 0.6) is 0 Å². The fourth-order valence-electron chi connectivity index (χ4n) is 1.92. The van der Waals surface area contributed by atoms with Crippen molar-refractivity contribution in [2.45, 2.75) is 70.8 Å². The number of rotatable bonds is 13. The Morgan fingerprint density at radius 2 is 1.64 bits per heavy atom. The van der Waals surface area contributed by atoms with Gasteiger partial charge in [0.1, 0.15) is 0 Å². The summed E-state index contributed by atoms with van der Waals surface area (Å²) in [4.78, 5) is 10.2. The molecular weight excluding hydrogens is 287 g/mol. The fourth-order valence-corrected chi connectivity index (χ4v) is 1.92. The van der Waals surface area contributed by atoms with Crippen molar-refractivity contribution < 1.29 is 44.6 Å². The van der Waals surface area contributed by atoms with Gasteiger partial charge in [-0.25, -0.2) is 0 Å². The predicted molar refractivity (Wildman–Crippen MR) is 85.7 cm³/mol. The number of carboxylic acids is 1. The van der Waals surface area contributed by atoms with Crippen LogP contribution in [-0.2, 0) is 4.79 Å². The molecule has 0 amide bonds. The molecule has 0 saturated heterocycles. The first-order valence-corrected chi connectivity index (χ1v) is 8.03. The van der Waals surface area contributed by atoms with E-state index in [1.54, 1.807) is 6.08 Å². The summed E-state index contributed by atoms with van der Waals surface area (Å²) in [7, 11) is 0. The maximum Gasteiger partial charge on any atom is 1.00 e.